The zero-order chi connectivity index (χ0) is 19.7. The number of amides is 2. The summed E-state index contributed by atoms with van der Waals surface area (Å²) in [6, 6.07) is 7.40. The quantitative estimate of drug-likeness (QED) is 0.838. The van der Waals surface area contributed by atoms with Gasteiger partial charge in [0.05, 0.1) is 30.9 Å². The van der Waals surface area contributed by atoms with Gasteiger partial charge in [0.1, 0.15) is 5.82 Å². The van der Waals surface area contributed by atoms with Gasteiger partial charge in [0.25, 0.3) is 0 Å². The number of rotatable bonds is 5. The van der Waals surface area contributed by atoms with Gasteiger partial charge in [-0.05, 0) is 30.5 Å². The highest BCUT2D eigenvalue weighted by Gasteiger charge is 2.27. The number of benzene rings is 1. The van der Waals surface area contributed by atoms with Crippen molar-refractivity contribution < 1.29 is 9.59 Å². The lowest BCUT2D eigenvalue weighted by atomic mass is 9.85. The lowest BCUT2D eigenvalue weighted by molar-refractivity contribution is -0.131. The van der Waals surface area contributed by atoms with Gasteiger partial charge in [-0.1, -0.05) is 30.2 Å². The summed E-state index contributed by atoms with van der Waals surface area (Å²) in [6.45, 7) is 1.67. The van der Waals surface area contributed by atoms with Crippen molar-refractivity contribution in [3.05, 3.63) is 52.1 Å². The summed E-state index contributed by atoms with van der Waals surface area (Å²) in [5.74, 6) is 1.27. The van der Waals surface area contributed by atoms with Gasteiger partial charge in [-0.2, -0.15) is 0 Å². The maximum absolute atomic E-state index is 12.7. The highest BCUT2D eigenvalue weighted by Crippen LogP contribution is 2.26. The van der Waals surface area contributed by atoms with E-state index in [1.54, 1.807) is 0 Å². The predicted molar refractivity (Wildman–Crippen MR) is 107 cm³/mol. The molecular weight excluding hydrogens is 376 g/mol. The van der Waals surface area contributed by atoms with Crippen molar-refractivity contribution in [1.82, 2.24) is 19.8 Å². The Morgan fingerprint density at radius 2 is 2.00 bits per heavy atom. The molecule has 4 rings (SSSR count). The Morgan fingerprint density at radius 1 is 1.25 bits per heavy atom. The van der Waals surface area contributed by atoms with Crippen LogP contribution in [0.25, 0.3) is 0 Å². The average Bonchev–Trinajstić information content (AvgIpc) is 2.96. The van der Waals surface area contributed by atoms with Gasteiger partial charge in [0.2, 0.25) is 11.8 Å². The number of halogens is 1. The molecule has 0 saturated heterocycles. The van der Waals surface area contributed by atoms with Crippen molar-refractivity contribution in [3.63, 3.8) is 0 Å². The monoisotopic (exact) mass is 400 g/mol. The Hall–Kier alpha value is -2.34. The minimum Gasteiger partial charge on any atom is -0.349 e. The number of nitrogens with one attached hydrogen (secondary N) is 1. The van der Waals surface area contributed by atoms with E-state index in [-0.39, 0.29) is 17.7 Å². The third-order valence-electron chi connectivity index (χ3n) is 5.87. The molecular formula is C21H25ClN4O2. The maximum atomic E-state index is 12.7. The smallest absolute Gasteiger partial charge is 0.227 e. The van der Waals surface area contributed by atoms with Crippen molar-refractivity contribution in [2.45, 2.75) is 45.2 Å². The molecule has 6 nitrogen and oxygen atoms in total. The summed E-state index contributed by atoms with van der Waals surface area (Å²) in [4.78, 5) is 31.4. The molecule has 28 heavy (non-hydrogen) atoms. The Kier molecular flexibility index (Phi) is 5.40. The topological polar surface area (TPSA) is 67.2 Å². The summed E-state index contributed by atoms with van der Waals surface area (Å²) >= 11 is 5.92. The highest BCUT2D eigenvalue weighted by atomic mass is 35.5. The van der Waals surface area contributed by atoms with E-state index in [4.69, 9.17) is 16.6 Å². The SMILES string of the molecule is Cn1c(CNC(=O)C2CCC2)nc2c1CN(C(=O)Cc1ccc(Cl)cc1)CC2. The van der Waals surface area contributed by atoms with E-state index >= 15 is 0 Å². The number of carbonyl (C=O) groups excluding carboxylic acids is 2. The van der Waals surface area contributed by atoms with Crippen LogP contribution in [-0.2, 0) is 42.6 Å². The molecule has 0 spiro atoms. The van der Waals surface area contributed by atoms with Crippen LogP contribution in [0, 0.1) is 5.92 Å². The van der Waals surface area contributed by atoms with Crippen LogP contribution in [0.4, 0.5) is 0 Å². The molecule has 2 aromatic rings. The number of nitrogens with zero attached hydrogens (tertiary/aromatic N) is 3. The molecule has 1 aliphatic heterocycles. The van der Waals surface area contributed by atoms with E-state index < -0.39 is 0 Å². The van der Waals surface area contributed by atoms with E-state index in [1.165, 1.54) is 0 Å². The number of fused-ring (bicyclic) bond motifs is 1. The normalized spacial score (nSPS) is 16.4. The minimum atomic E-state index is 0.106. The van der Waals surface area contributed by atoms with Crippen LogP contribution in [0.3, 0.4) is 0 Å². The summed E-state index contributed by atoms with van der Waals surface area (Å²) < 4.78 is 2.03. The van der Waals surface area contributed by atoms with Crippen molar-refractivity contribution in [2.24, 2.45) is 13.0 Å². The molecule has 0 unspecified atom stereocenters. The van der Waals surface area contributed by atoms with Crippen LogP contribution >= 0.6 is 11.6 Å². The van der Waals surface area contributed by atoms with E-state index in [0.717, 1.165) is 48.5 Å². The highest BCUT2D eigenvalue weighted by molar-refractivity contribution is 6.30. The van der Waals surface area contributed by atoms with Gasteiger partial charge < -0.3 is 14.8 Å². The van der Waals surface area contributed by atoms with E-state index in [0.29, 0.717) is 31.1 Å². The van der Waals surface area contributed by atoms with E-state index in [1.807, 2.05) is 40.8 Å². The number of imidazole rings is 1. The second kappa shape index (κ2) is 7.95. The average molecular weight is 401 g/mol. The summed E-state index contributed by atoms with van der Waals surface area (Å²) in [6.07, 6.45) is 4.25. The Balaban J connectivity index is 1.38. The Bertz CT molecular complexity index is 887. The fraction of sp³-hybridized carbons (Fsp3) is 0.476. The molecule has 1 fully saturated rings. The minimum absolute atomic E-state index is 0.106. The van der Waals surface area contributed by atoms with Gasteiger partial charge in [-0.15, -0.1) is 0 Å². The first-order valence-corrected chi connectivity index (χ1v) is 10.2. The fourth-order valence-electron chi connectivity index (χ4n) is 3.78. The molecule has 7 heteroatoms. The number of hydrogen-bond donors (Lipinski definition) is 1. The lowest BCUT2D eigenvalue weighted by Gasteiger charge is -2.27. The standard InChI is InChI=1S/C21H25ClN4O2/c1-25-18-13-26(20(27)11-14-5-7-16(22)8-6-14)10-9-17(18)24-19(25)12-23-21(28)15-3-2-4-15/h5-8,15H,2-4,9-13H2,1H3,(H,23,28). The molecule has 148 valence electrons. The van der Waals surface area contributed by atoms with Crippen molar-refractivity contribution in [3.8, 4) is 0 Å². The maximum Gasteiger partial charge on any atom is 0.227 e. The van der Waals surface area contributed by atoms with Crippen LogP contribution in [-0.4, -0.2) is 32.8 Å². The number of hydrogen-bond acceptors (Lipinski definition) is 3. The van der Waals surface area contributed by atoms with Crippen LogP contribution in [0.1, 0.15) is 42.0 Å². The molecule has 1 aromatic carbocycles. The molecule has 0 atom stereocenters. The summed E-state index contributed by atoms with van der Waals surface area (Å²) in [7, 11) is 1.96. The first-order chi connectivity index (χ1) is 13.5. The summed E-state index contributed by atoms with van der Waals surface area (Å²) in [5.41, 5.74) is 3.05. The van der Waals surface area contributed by atoms with Crippen LogP contribution < -0.4 is 5.32 Å². The molecule has 2 heterocycles. The van der Waals surface area contributed by atoms with Gasteiger partial charge in [0.15, 0.2) is 0 Å². The lowest BCUT2D eigenvalue weighted by Crippen LogP contribution is -2.37. The van der Waals surface area contributed by atoms with Crippen molar-refractivity contribution >= 4 is 23.4 Å². The second-order valence-corrected chi connectivity index (χ2v) is 8.13. The molecule has 1 N–H and O–H groups in total. The largest absolute Gasteiger partial charge is 0.349 e. The molecule has 2 aliphatic rings. The third-order valence-corrected chi connectivity index (χ3v) is 6.12. The first kappa shape index (κ1) is 19.0. The van der Waals surface area contributed by atoms with Gasteiger partial charge in [0, 0.05) is 31.0 Å². The van der Waals surface area contributed by atoms with Gasteiger partial charge >= 0.3 is 0 Å². The molecule has 1 aliphatic carbocycles. The van der Waals surface area contributed by atoms with Crippen molar-refractivity contribution in [1.29, 1.82) is 0 Å². The molecule has 2 amide bonds. The van der Waals surface area contributed by atoms with Crippen LogP contribution in [0.2, 0.25) is 5.02 Å². The predicted octanol–water partition coefficient (Wildman–Crippen LogP) is 2.62. The summed E-state index contributed by atoms with van der Waals surface area (Å²) in [5, 5.41) is 3.68. The zero-order valence-corrected chi connectivity index (χ0v) is 16.8. The fourth-order valence-corrected chi connectivity index (χ4v) is 3.91. The Morgan fingerprint density at radius 3 is 2.68 bits per heavy atom. The van der Waals surface area contributed by atoms with E-state index in [9.17, 15) is 9.59 Å². The molecule has 1 aromatic heterocycles. The zero-order valence-electron chi connectivity index (χ0n) is 16.1. The van der Waals surface area contributed by atoms with Gasteiger partial charge in [-0.3, -0.25) is 9.59 Å². The Labute approximate surface area is 169 Å². The molecule has 1 saturated carbocycles. The van der Waals surface area contributed by atoms with Gasteiger partial charge in [-0.25, -0.2) is 4.98 Å². The third kappa shape index (κ3) is 3.92. The molecule has 0 bridgehead atoms. The van der Waals surface area contributed by atoms with Crippen LogP contribution in [0.15, 0.2) is 24.3 Å². The van der Waals surface area contributed by atoms with Crippen LogP contribution in [0.5, 0.6) is 0 Å². The number of aromatic nitrogens is 2. The first-order valence-electron chi connectivity index (χ1n) is 9.84. The second-order valence-electron chi connectivity index (χ2n) is 7.69. The number of carbonyl (C=O) groups is 2. The van der Waals surface area contributed by atoms with E-state index in [2.05, 4.69) is 5.32 Å². The molecule has 0 radical (unpaired) electrons. The van der Waals surface area contributed by atoms with Crippen molar-refractivity contribution in [2.75, 3.05) is 6.54 Å².